The number of imidazole rings is 1. The van der Waals surface area contributed by atoms with Gasteiger partial charge in [0.05, 0.1) is 6.54 Å². The van der Waals surface area contributed by atoms with Crippen LogP contribution in [0.1, 0.15) is 116 Å². The number of hydrogen-bond donors (Lipinski definition) is 5. The number of nitrogens with two attached hydrogens (primary N) is 2. The maximum atomic E-state index is 13.0. The molecule has 2 aromatic heterocycles. The fourth-order valence-electron chi connectivity index (χ4n) is 5.72. The molecular formula is C40H64N10O7. The van der Waals surface area contributed by atoms with Crippen molar-refractivity contribution in [3.63, 3.8) is 0 Å². The van der Waals surface area contributed by atoms with Crippen molar-refractivity contribution in [3.8, 4) is 0 Å². The fourth-order valence-corrected chi connectivity index (χ4v) is 5.72. The molecule has 0 saturated heterocycles. The molecule has 2 heterocycles. The van der Waals surface area contributed by atoms with Gasteiger partial charge in [-0.25, -0.2) is 14.4 Å². The fraction of sp³-hybridized carbons (Fsp3) is 0.625. The van der Waals surface area contributed by atoms with E-state index in [-0.39, 0.29) is 48.7 Å². The number of anilines is 2. The maximum Gasteiger partial charge on any atom is 0.410 e. The Morgan fingerprint density at radius 3 is 1.95 bits per heavy atom. The lowest BCUT2D eigenvalue weighted by Gasteiger charge is -2.29. The van der Waals surface area contributed by atoms with E-state index in [1.165, 1.54) is 4.57 Å². The lowest BCUT2D eigenvalue weighted by Crippen LogP contribution is -2.40. The van der Waals surface area contributed by atoms with Crippen molar-refractivity contribution < 1.29 is 28.7 Å². The highest BCUT2D eigenvalue weighted by molar-refractivity contribution is 5.98. The number of ether oxygens (including phenoxy) is 2. The topological polar surface area (TPSA) is 233 Å². The van der Waals surface area contributed by atoms with Crippen molar-refractivity contribution in [1.82, 2.24) is 34.6 Å². The summed E-state index contributed by atoms with van der Waals surface area (Å²) in [6, 6.07) is 6.88. The Hall–Kier alpha value is -5.19. The number of nitrogen functional groups attached to an aromatic ring is 1. The Kier molecular flexibility index (Phi) is 17.8. The zero-order valence-corrected chi connectivity index (χ0v) is 34.9. The van der Waals surface area contributed by atoms with E-state index in [2.05, 4.69) is 32.5 Å². The van der Waals surface area contributed by atoms with Gasteiger partial charge in [0, 0.05) is 57.7 Å². The van der Waals surface area contributed by atoms with Crippen LogP contribution in [-0.4, -0.2) is 110 Å². The second-order valence-electron chi connectivity index (χ2n) is 16.0. The van der Waals surface area contributed by atoms with E-state index in [4.69, 9.17) is 20.9 Å². The van der Waals surface area contributed by atoms with Crippen molar-refractivity contribution in [3.05, 3.63) is 45.9 Å². The number of aromatic amines is 1. The number of Topliss-reactive ketones (excluding diaryl/α,β-unsaturated/α-hetero) is 1. The Morgan fingerprint density at radius 1 is 0.807 bits per heavy atom. The lowest BCUT2D eigenvalue weighted by molar-refractivity contribution is -0.121. The van der Waals surface area contributed by atoms with Crippen LogP contribution in [0.2, 0.25) is 0 Å². The number of carbonyl (C=O) groups excluding carboxylic acids is 4. The van der Waals surface area contributed by atoms with E-state index in [0.717, 1.165) is 18.4 Å². The molecule has 3 rings (SSSR count). The molecule has 0 atom stereocenters. The lowest BCUT2D eigenvalue weighted by atomic mass is 10.0. The number of aromatic nitrogens is 4. The molecule has 0 saturated carbocycles. The van der Waals surface area contributed by atoms with Gasteiger partial charge in [-0.2, -0.15) is 9.97 Å². The van der Waals surface area contributed by atoms with Gasteiger partial charge in [0.2, 0.25) is 11.9 Å². The highest BCUT2D eigenvalue weighted by Gasteiger charge is 2.24. The molecule has 0 unspecified atom stereocenters. The van der Waals surface area contributed by atoms with E-state index < -0.39 is 17.3 Å². The highest BCUT2D eigenvalue weighted by atomic mass is 16.6. The first-order chi connectivity index (χ1) is 26.9. The van der Waals surface area contributed by atoms with Crippen LogP contribution in [0, 0.1) is 0 Å². The van der Waals surface area contributed by atoms with Gasteiger partial charge in [0.15, 0.2) is 17.2 Å². The summed E-state index contributed by atoms with van der Waals surface area (Å²) in [4.78, 5) is 78.8. The van der Waals surface area contributed by atoms with E-state index in [1.54, 1.807) is 54.8 Å². The third-order valence-corrected chi connectivity index (χ3v) is 8.63. The number of ketones is 1. The van der Waals surface area contributed by atoms with Crippen LogP contribution in [0.5, 0.6) is 0 Å². The molecule has 3 amide bonds. The number of fused-ring (bicyclic) bond motifs is 1. The first-order valence-electron chi connectivity index (χ1n) is 20.0. The third-order valence-electron chi connectivity index (χ3n) is 8.63. The van der Waals surface area contributed by atoms with Gasteiger partial charge >= 0.3 is 17.9 Å². The van der Waals surface area contributed by atoms with Crippen LogP contribution in [0.3, 0.4) is 0 Å². The van der Waals surface area contributed by atoms with Crippen LogP contribution in [0.15, 0.2) is 29.1 Å². The Balaban J connectivity index is 1.48. The monoisotopic (exact) mass is 796 g/mol. The second kappa shape index (κ2) is 21.9. The number of H-pyrrole nitrogens is 1. The van der Waals surface area contributed by atoms with Crippen LogP contribution >= 0.6 is 0 Å². The van der Waals surface area contributed by atoms with Gasteiger partial charge in [-0.15, -0.1) is 0 Å². The normalized spacial score (nSPS) is 11.6. The minimum atomic E-state index is -0.678. The largest absolute Gasteiger partial charge is 0.444 e. The van der Waals surface area contributed by atoms with Crippen molar-refractivity contribution in [2.75, 3.05) is 56.9 Å². The summed E-state index contributed by atoms with van der Waals surface area (Å²) in [6.45, 7) is 16.3. The summed E-state index contributed by atoms with van der Waals surface area (Å²) >= 11 is 0. The summed E-state index contributed by atoms with van der Waals surface area (Å²) < 4.78 is 12.6. The quantitative estimate of drug-likeness (QED) is 0.0665. The number of rotatable bonds is 22. The highest BCUT2D eigenvalue weighted by Crippen LogP contribution is 2.19. The molecule has 0 spiro atoms. The van der Waals surface area contributed by atoms with Gasteiger partial charge < -0.3 is 46.4 Å². The molecule has 316 valence electrons. The number of unbranched alkanes of at least 4 members (excludes halogenated alkanes) is 2. The van der Waals surface area contributed by atoms with E-state index >= 15 is 0 Å². The van der Waals surface area contributed by atoms with Crippen molar-refractivity contribution in [2.45, 2.75) is 118 Å². The number of amides is 3. The molecule has 0 aliphatic rings. The number of nitrogens with zero attached hydrogens (tertiary/aromatic N) is 5. The Morgan fingerprint density at radius 2 is 1.39 bits per heavy atom. The molecule has 0 aliphatic heterocycles. The number of carbonyl (C=O) groups is 4. The molecule has 17 nitrogen and oxygen atoms in total. The summed E-state index contributed by atoms with van der Waals surface area (Å²) in [5.41, 5.74) is 12.1. The Bertz CT molecular complexity index is 1830. The van der Waals surface area contributed by atoms with Crippen LogP contribution in [0.25, 0.3) is 11.2 Å². The maximum absolute atomic E-state index is 13.0. The second-order valence-corrected chi connectivity index (χ2v) is 16.0. The smallest absolute Gasteiger partial charge is 0.410 e. The molecule has 1 aromatic carbocycles. The molecular weight excluding hydrogens is 733 g/mol. The van der Waals surface area contributed by atoms with Crippen molar-refractivity contribution >= 4 is 46.8 Å². The summed E-state index contributed by atoms with van der Waals surface area (Å²) in [7, 11) is 0. The standard InChI is InChI=1S/C40H64N10O7/c1-8-9-21-44-35-46-33(42)32-34(47-35)50(36(53)45-32)27-28-14-16-29(17-15-28)30(51)18-19-31(52)43-22-13-26-49(38(55)57-40(5,6)7)24-11-10-23-48(25-12-20-41)37(54)56-39(2,3)4/h14-17H,8-13,18-27,41H2,1-7H3,(H,43,52)(H,45,53)(H3,42,44,46,47). The first-order valence-corrected chi connectivity index (χ1v) is 20.0. The van der Waals surface area contributed by atoms with Gasteiger partial charge in [0.1, 0.15) is 16.7 Å². The number of nitrogens with one attached hydrogen (secondary N) is 3. The minimum absolute atomic E-state index is 0.00908. The van der Waals surface area contributed by atoms with Gasteiger partial charge in [-0.3, -0.25) is 14.2 Å². The van der Waals surface area contributed by atoms with E-state index in [0.29, 0.717) is 94.2 Å². The average Bonchev–Trinajstić information content (AvgIpc) is 3.44. The van der Waals surface area contributed by atoms with Gasteiger partial charge in [-0.05, 0) is 85.8 Å². The zero-order valence-electron chi connectivity index (χ0n) is 34.9. The van der Waals surface area contributed by atoms with Crippen molar-refractivity contribution in [2.24, 2.45) is 5.73 Å². The van der Waals surface area contributed by atoms with E-state index in [9.17, 15) is 24.0 Å². The number of hydrogen-bond acceptors (Lipinski definition) is 12. The summed E-state index contributed by atoms with van der Waals surface area (Å²) in [5.74, 6) is 0.0652. The molecule has 3 aromatic rings. The summed E-state index contributed by atoms with van der Waals surface area (Å²) in [6.07, 6.45) is 3.53. The first kappa shape index (κ1) is 46.2. The van der Waals surface area contributed by atoms with Crippen LogP contribution in [0.4, 0.5) is 21.4 Å². The molecule has 57 heavy (non-hydrogen) atoms. The molecule has 0 aliphatic carbocycles. The molecule has 0 radical (unpaired) electrons. The van der Waals surface area contributed by atoms with Crippen LogP contribution in [-0.2, 0) is 20.8 Å². The minimum Gasteiger partial charge on any atom is -0.444 e. The molecule has 0 bridgehead atoms. The van der Waals surface area contributed by atoms with E-state index in [1.807, 2.05) is 20.8 Å². The molecule has 17 heteroatoms. The average molecular weight is 797 g/mol. The molecule has 0 fully saturated rings. The SMILES string of the molecule is CCCCNc1nc(N)c2[nH]c(=O)n(Cc3ccc(C(=O)CCC(=O)NCCCN(CCCCN(CCCN)C(=O)OC(C)(C)C)C(=O)OC(C)(C)C)cc3)c2n1. The predicted octanol–water partition coefficient (Wildman–Crippen LogP) is 5.03. The zero-order chi connectivity index (χ0) is 42.2. The third kappa shape index (κ3) is 16.1. The van der Waals surface area contributed by atoms with Crippen LogP contribution < -0.4 is 27.8 Å². The van der Waals surface area contributed by atoms with Gasteiger partial charge in [0.25, 0.3) is 0 Å². The Labute approximate surface area is 335 Å². The summed E-state index contributed by atoms with van der Waals surface area (Å²) in [5, 5.41) is 5.98. The van der Waals surface area contributed by atoms with Crippen molar-refractivity contribution in [1.29, 1.82) is 0 Å². The molecule has 7 N–H and O–H groups in total. The predicted molar refractivity (Wildman–Crippen MR) is 221 cm³/mol. The van der Waals surface area contributed by atoms with Gasteiger partial charge in [-0.1, -0.05) is 37.6 Å². The number of benzene rings is 1.